The lowest BCUT2D eigenvalue weighted by atomic mass is 10.1. The normalized spacial score (nSPS) is 11.6. The van der Waals surface area contributed by atoms with Crippen LogP contribution in [0, 0.1) is 15.9 Å². The molecule has 2 aromatic rings. The van der Waals surface area contributed by atoms with Crippen molar-refractivity contribution in [1.82, 2.24) is 0 Å². The maximum absolute atomic E-state index is 14.0. The van der Waals surface area contributed by atoms with Crippen molar-refractivity contribution in [3.63, 3.8) is 0 Å². The van der Waals surface area contributed by atoms with Crippen molar-refractivity contribution >= 4 is 5.69 Å². The van der Waals surface area contributed by atoms with Gasteiger partial charge in [-0.05, 0) is 18.2 Å². The number of hydrogen-bond donors (Lipinski definition) is 1. The van der Waals surface area contributed by atoms with E-state index in [1.165, 1.54) is 32.4 Å². The summed E-state index contributed by atoms with van der Waals surface area (Å²) < 4.78 is 24.3. The van der Waals surface area contributed by atoms with Crippen LogP contribution in [-0.2, 0) is 0 Å². The average Bonchev–Trinajstić information content (AvgIpc) is 2.54. The number of hydrogen-bond acceptors (Lipinski definition) is 5. The van der Waals surface area contributed by atoms with Gasteiger partial charge in [-0.2, -0.15) is 0 Å². The number of anilines is 1. The van der Waals surface area contributed by atoms with Crippen molar-refractivity contribution in [2.24, 2.45) is 0 Å². The summed E-state index contributed by atoms with van der Waals surface area (Å²) in [5.74, 6) is 0.539. The Morgan fingerprint density at radius 2 is 1.96 bits per heavy atom. The highest BCUT2D eigenvalue weighted by Crippen LogP contribution is 2.32. The molecule has 2 rings (SSSR count). The van der Waals surface area contributed by atoms with Crippen LogP contribution in [0.3, 0.4) is 0 Å². The van der Waals surface area contributed by atoms with Gasteiger partial charge in [-0.25, -0.2) is 4.39 Å². The van der Waals surface area contributed by atoms with Gasteiger partial charge in [0.25, 0.3) is 0 Å². The van der Waals surface area contributed by atoms with E-state index in [1.807, 2.05) is 0 Å². The molecule has 0 saturated carbocycles. The van der Waals surface area contributed by atoms with Crippen LogP contribution in [0.25, 0.3) is 0 Å². The van der Waals surface area contributed by atoms with E-state index >= 15 is 0 Å². The molecule has 0 aliphatic carbocycles. The van der Waals surface area contributed by atoms with Gasteiger partial charge in [-0.3, -0.25) is 10.1 Å². The minimum absolute atomic E-state index is 0.224. The summed E-state index contributed by atoms with van der Waals surface area (Å²) in [6.45, 7) is -0.462. The van der Waals surface area contributed by atoms with Gasteiger partial charge in [0.15, 0.2) is 0 Å². The van der Waals surface area contributed by atoms with Crippen molar-refractivity contribution in [1.29, 1.82) is 0 Å². The zero-order valence-corrected chi connectivity index (χ0v) is 12.8. The van der Waals surface area contributed by atoms with E-state index in [2.05, 4.69) is 5.32 Å². The molecule has 1 atom stereocenters. The lowest BCUT2D eigenvalue weighted by Gasteiger charge is -2.19. The van der Waals surface area contributed by atoms with Gasteiger partial charge in [0, 0.05) is 16.6 Å². The molecule has 0 radical (unpaired) electrons. The van der Waals surface area contributed by atoms with Crippen molar-refractivity contribution in [3.05, 3.63) is 64.0 Å². The van der Waals surface area contributed by atoms with Gasteiger partial charge in [0.2, 0.25) is 6.54 Å². The van der Waals surface area contributed by atoms with Gasteiger partial charge in [-0.15, -0.1) is 0 Å². The molecule has 2 aromatic carbocycles. The summed E-state index contributed by atoms with van der Waals surface area (Å²) in [7, 11) is 3.00. The quantitative estimate of drug-likeness (QED) is 0.626. The number of methoxy groups -OCH3 is 2. The van der Waals surface area contributed by atoms with Gasteiger partial charge >= 0.3 is 0 Å². The molecule has 0 saturated heterocycles. The number of nitrogens with zero attached hydrogens (tertiary/aromatic N) is 1. The monoisotopic (exact) mass is 320 g/mol. The second-order valence-electron chi connectivity index (χ2n) is 4.80. The molecule has 0 unspecified atom stereocenters. The smallest absolute Gasteiger partial charge is 0.228 e. The molecule has 23 heavy (non-hydrogen) atoms. The van der Waals surface area contributed by atoms with Gasteiger partial charge < -0.3 is 14.8 Å². The third-order valence-electron chi connectivity index (χ3n) is 3.35. The lowest BCUT2D eigenvalue weighted by molar-refractivity contribution is -0.482. The summed E-state index contributed by atoms with van der Waals surface area (Å²) in [5, 5.41) is 13.9. The first-order valence-corrected chi connectivity index (χ1v) is 6.90. The third kappa shape index (κ3) is 4.09. The number of ether oxygens (including phenoxy) is 2. The molecule has 1 N–H and O–H groups in total. The highest BCUT2D eigenvalue weighted by Gasteiger charge is 2.22. The molecule has 6 nitrogen and oxygen atoms in total. The first-order valence-electron chi connectivity index (χ1n) is 6.90. The van der Waals surface area contributed by atoms with E-state index in [-0.39, 0.29) is 5.56 Å². The van der Waals surface area contributed by atoms with Crippen molar-refractivity contribution in [2.45, 2.75) is 6.04 Å². The summed E-state index contributed by atoms with van der Waals surface area (Å²) in [6, 6.07) is 10.2. The molecule has 0 fully saturated rings. The van der Waals surface area contributed by atoms with Crippen LogP contribution >= 0.6 is 0 Å². The summed E-state index contributed by atoms with van der Waals surface area (Å²) in [5.41, 5.74) is 0.741. The largest absolute Gasteiger partial charge is 0.497 e. The van der Waals surface area contributed by atoms with Crippen LogP contribution in [0.5, 0.6) is 11.5 Å². The van der Waals surface area contributed by atoms with E-state index < -0.39 is 23.3 Å². The van der Waals surface area contributed by atoms with Crippen molar-refractivity contribution in [3.8, 4) is 11.5 Å². The van der Waals surface area contributed by atoms with Crippen LogP contribution < -0.4 is 14.8 Å². The van der Waals surface area contributed by atoms with Crippen LogP contribution in [0.15, 0.2) is 42.5 Å². The summed E-state index contributed by atoms with van der Waals surface area (Å²) in [6.07, 6.45) is 0. The fourth-order valence-electron chi connectivity index (χ4n) is 2.23. The van der Waals surface area contributed by atoms with Crippen LogP contribution in [0.1, 0.15) is 11.6 Å². The second-order valence-corrected chi connectivity index (χ2v) is 4.80. The molecule has 7 heteroatoms. The Morgan fingerprint density at radius 3 is 2.57 bits per heavy atom. The fourth-order valence-corrected chi connectivity index (χ4v) is 2.23. The Balaban J connectivity index is 2.35. The number of nitro groups is 1. The Bertz CT molecular complexity index is 694. The molecule has 0 aliphatic rings. The SMILES string of the molecule is COc1ccc(N[C@H](C[N+](=O)[O-])c2ccccc2F)c(OC)c1. The van der Waals surface area contributed by atoms with Crippen LogP contribution in [-0.4, -0.2) is 25.7 Å². The Labute approximate surface area is 133 Å². The Kier molecular flexibility index (Phi) is 5.35. The molecular formula is C16H17FN2O4. The van der Waals surface area contributed by atoms with Gasteiger partial charge in [0.05, 0.1) is 19.9 Å². The maximum atomic E-state index is 14.0. The fraction of sp³-hybridized carbons (Fsp3) is 0.250. The molecule has 0 bridgehead atoms. The van der Waals surface area contributed by atoms with Crippen molar-refractivity contribution in [2.75, 3.05) is 26.1 Å². The van der Waals surface area contributed by atoms with Crippen LogP contribution in [0.4, 0.5) is 10.1 Å². The van der Waals surface area contributed by atoms with E-state index in [4.69, 9.17) is 9.47 Å². The third-order valence-corrected chi connectivity index (χ3v) is 3.35. The second kappa shape index (κ2) is 7.44. The van der Waals surface area contributed by atoms with Crippen LogP contribution in [0.2, 0.25) is 0 Å². The standard InChI is InChI=1S/C16H17FN2O4/c1-22-11-7-8-14(16(9-11)23-2)18-15(10-19(20)21)12-5-3-4-6-13(12)17/h3-9,15,18H,10H2,1-2H3/t15-/m1/s1. The Hall–Kier alpha value is -2.83. The number of halogens is 1. The lowest BCUT2D eigenvalue weighted by Crippen LogP contribution is -2.21. The summed E-state index contributed by atoms with van der Waals surface area (Å²) >= 11 is 0. The predicted molar refractivity (Wildman–Crippen MR) is 84.2 cm³/mol. The first-order chi connectivity index (χ1) is 11.0. The topological polar surface area (TPSA) is 73.6 Å². The maximum Gasteiger partial charge on any atom is 0.228 e. The zero-order valence-electron chi connectivity index (χ0n) is 12.8. The minimum atomic E-state index is -0.825. The van der Waals surface area contributed by atoms with Crippen molar-refractivity contribution < 1.29 is 18.8 Å². The van der Waals surface area contributed by atoms with E-state index in [1.54, 1.807) is 24.3 Å². The van der Waals surface area contributed by atoms with Gasteiger partial charge in [0.1, 0.15) is 23.4 Å². The highest BCUT2D eigenvalue weighted by molar-refractivity contribution is 5.60. The zero-order chi connectivity index (χ0) is 16.8. The number of benzene rings is 2. The average molecular weight is 320 g/mol. The first kappa shape index (κ1) is 16.5. The van der Waals surface area contributed by atoms with E-state index in [0.717, 1.165) is 0 Å². The predicted octanol–water partition coefficient (Wildman–Crippen LogP) is 3.27. The van der Waals surface area contributed by atoms with E-state index in [9.17, 15) is 14.5 Å². The molecule has 0 aromatic heterocycles. The molecule has 0 aliphatic heterocycles. The summed E-state index contributed by atoms with van der Waals surface area (Å²) in [4.78, 5) is 10.4. The minimum Gasteiger partial charge on any atom is -0.497 e. The molecule has 122 valence electrons. The van der Waals surface area contributed by atoms with Gasteiger partial charge in [-0.1, -0.05) is 18.2 Å². The molecule has 0 spiro atoms. The number of rotatable bonds is 7. The molecular weight excluding hydrogens is 303 g/mol. The number of nitrogens with one attached hydrogen (secondary N) is 1. The molecule has 0 heterocycles. The molecule has 0 amide bonds. The van der Waals surface area contributed by atoms with E-state index in [0.29, 0.717) is 17.2 Å². The highest BCUT2D eigenvalue weighted by atomic mass is 19.1. The Morgan fingerprint density at radius 1 is 1.22 bits per heavy atom.